The molecule has 2 atom stereocenters. The zero-order valence-electron chi connectivity index (χ0n) is 10.5. The van der Waals surface area contributed by atoms with Crippen LogP contribution in [0.15, 0.2) is 22.7 Å². The predicted molar refractivity (Wildman–Crippen MR) is 75.6 cm³/mol. The Kier molecular flexibility index (Phi) is 4.46. The molecule has 2 unspecified atom stereocenters. The first kappa shape index (κ1) is 12.9. The van der Waals surface area contributed by atoms with Crippen LogP contribution < -0.4 is 5.32 Å². The molecule has 17 heavy (non-hydrogen) atoms. The van der Waals surface area contributed by atoms with Gasteiger partial charge in [-0.3, -0.25) is 0 Å². The highest BCUT2D eigenvalue weighted by atomic mass is 79.9. The Hall–Kier alpha value is -0.540. The van der Waals surface area contributed by atoms with E-state index in [4.69, 9.17) is 4.74 Å². The van der Waals surface area contributed by atoms with Gasteiger partial charge >= 0.3 is 0 Å². The molecule has 0 saturated heterocycles. The molecule has 0 radical (unpaired) electrons. The van der Waals surface area contributed by atoms with Gasteiger partial charge in [0, 0.05) is 17.3 Å². The van der Waals surface area contributed by atoms with Gasteiger partial charge in [0.2, 0.25) is 0 Å². The first-order valence-electron chi connectivity index (χ1n) is 6.26. The summed E-state index contributed by atoms with van der Waals surface area (Å²) in [5, 5.41) is 3.60. The van der Waals surface area contributed by atoms with Gasteiger partial charge < -0.3 is 10.1 Å². The Labute approximate surface area is 112 Å². The monoisotopic (exact) mass is 297 g/mol. The van der Waals surface area contributed by atoms with Gasteiger partial charge in [-0.25, -0.2) is 0 Å². The normalized spacial score (nSPS) is 24.6. The second kappa shape index (κ2) is 5.87. The highest BCUT2D eigenvalue weighted by Gasteiger charge is 2.24. The maximum absolute atomic E-state index is 5.56. The van der Waals surface area contributed by atoms with Crippen LogP contribution in [-0.4, -0.2) is 19.3 Å². The number of anilines is 1. The van der Waals surface area contributed by atoms with Gasteiger partial charge in [-0.1, -0.05) is 28.8 Å². The molecule has 2 nitrogen and oxygen atoms in total. The summed E-state index contributed by atoms with van der Waals surface area (Å²) < 4.78 is 6.72. The summed E-state index contributed by atoms with van der Waals surface area (Å²) in [5.74, 6) is 0. The van der Waals surface area contributed by atoms with Crippen molar-refractivity contribution in [3.8, 4) is 0 Å². The molecule has 0 bridgehead atoms. The van der Waals surface area contributed by atoms with Crippen molar-refractivity contribution in [3.05, 3.63) is 28.2 Å². The number of rotatable bonds is 3. The van der Waals surface area contributed by atoms with Crippen molar-refractivity contribution in [2.24, 2.45) is 0 Å². The Morgan fingerprint density at radius 3 is 2.76 bits per heavy atom. The minimum absolute atomic E-state index is 0.354. The first-order valence-corrected chi connectivity index (χ1v) is 7.05. The van der Waals surface area contributed by atoms with Crippen LogP contribution in [0, 0.1) is 6.92 Å². The summed E-state index contributed by atoms with van der Waals surface area (Å²) in [6, 6.07) is 6.86. The van der Waals surface area contributed by atoms with Crippen LogP contribution in [0.5, 0.6) is 0 Å². The lowest BCUT2D eigenvalue weighted by molar-refractivity contribution is 0.0606. The van der Waals surface area contributed by atoms with Gasteiger partial charge in [-0.15, -0.1) is 0 Å². The van der Waals surface area contributed by atoms with Crippen molar-refractivity contribution in [2.45, 2.75) is 44.8 Å². The van der Waals surface area contributed by atoms with Crippen LogP contribution in [0.4, 0.5) is 5.69 Å². The maximum Gasteiger partial charge on any atom is 0.0772 e. The van der Waals surface area contributed by atoms with Crippen LogP contribution in [-0.2, 0) is 4.74 Å². The van der Waals surface area contributed by atoms with Crippen molar-refractivity contribution in [1.82, 2.24) is 0 Å². The molecular formula is C14H20BrNO. The average molecular weight is 298 g/mol. The number of hydrogen-bond donors (Lipinski definition) is 1. The molecule has 1 saturated carbocycles. The third-order valence-electron chi connectivity index (χ3n) is 3.52. The van der Waals surface area contributed by atoms with E-state index in [-0.39, 0.29) is 0 Å². The van der Waals surface area contributed by atoms with Crippen LogP contribution in [0.2, 0.25) is 0 Å². The van der Waals surface area contributed by atoms with Crippen LogP contribution in [0.25, 0.3) is 0 Å². The number of ether oxygens (including phenoxy) is 1. The molecule has 3 heteroatoms. The van der Waals surface area contributed by atoms with Crippen molar-refractivity contribution in [2.75, 3.05) is 12.4 Å². The smallest absolute Gasteiger partial charge is 0.0772 e. The SMILES string of the molecule is COC1CCCCC1Nc1ccc(Br)c(C)c1. The quantitative estimate of drug-likeness (QED) is 0.906. The number of nitrogens with one attached hydrogen (secondary N) is 1. The molecule has 2 rings (SSSR count). The van der Waals surface area contributed by atoms with E-state index < -0.39 is 0 Å². The summed E-state index contributed by atoms with van der Waals surface area (Å²) in [4.78, 5) is 0. The minimum atomic E-state index is 0.354. The van der Waals surface area contributed by atoms with Crippen molar-refractivity contribution in [3.63, 3.8) is 0 Å². The first-order chi connectivity index (χ1) is 8.20. The van der Waals surface area contributed by atoms with E-state index in [1.165, 1.54) is 36.9 Å². The second-order valence-corrected chi connectivity index (χ2v) is 5.63. The summed E-state index contributed by atoms with van der Waals surface area (Å²) in [6.45, 7) is 2.12. The highest BCUT2D eigenvalue weighted by molar-refractivity contribution is 9.10. The third kappa shape index (κ3) is 3.23. The molecule has 1 aromatic carbocycles. The molecule has 0 aromatic heterocycles. The lowest BCUT2D eigenvalue weighted by atomic mass is 9.92. The summed E-state index contributed by atoms with van der Waals surface area (Å²) in [7, 11) is 1.82. The predicted octanol–water partition coefficient (Wildman–Crippen LogP) is 4.13. The average Bonchev–Trinajstić information content (AvgIpc) is 2.34. The molecule has 0 amide bonds. The Bertz CT molecular complexity index is 380. The lowest BCUT2D eigenvalue weighted by Gasteiger charge is -2.32. The fraction of sp³-hybridized carbons (Fsp3) is 0.571. The van der Waals surface area contributed by atoms with Gasteiger partial charge in [0.05, 0.1) is 12.1 Å². The van der Waals surface area contributed by atoms with Gasteiger partial charge in [0.1, 0.15) is 0 Å². The topological polar surface area (TPSA) is 21.3 Å². The number of halogens is 1. The van der Waals surface area contributed by atoms with E-state index in [1.807, 2.05) is 7.11 Å². The maximum atomic E-state index is 5.56. The standard InChI is InChI=1S/C14H20BrNO/c1-10-9-11(7-8-12(10)15)16-13-5-3-4-6-14(13)17-2/h7-9,13-14,16H,3-6H2,1-2H3. The molecule has 94 valence electrons. The summed E-state index contributed by atoms with van der Waals surface area (Å²) in [6.07, 6.45) is 5.31. The molecule has 0 spiro atoms. The zero-order valence-corrected chi connectivity index (χ0v) is 12.1. The Morgan fingerprint density at radius 1 is 1.29 bits per heavy atom. The summed E-state index contributed by atoms with van der Waals surface area (Å²) in [5.41, 5.74) is 2.46. The van der Waals surface area contributed by atoms with E-state index in [2.05, 4.69) is 46.4 Å². The van der Waals surface area contributed by atoms with Crippen LogP contribution in [0.3, 0.4) is 0 Å². The van der Waals surface area contributed by atoms with E-state index in [1.54, 1.807) is 0 Å². The highest BCUT2D eigenvalue weighted by Crippen LogP contribution is 2.26. The molecule has 1 aromatic rings. The molecule has 1 aliphatic carbocycles. The minimum Gasteiger partial charge on any atom is -0.380 e. The van der Waals surface area contributed by atoms with E-state index in [0.29, 0.717) is 12.1 Å². The fourth-order valence-electron chi connectivity index (χ4n) is 2.49. The largest absolute Gasteiger partial charge is 0.380 e. The van der Waals surface area contributed by atoms with Gasteiger partial charge in [-0.05, 0) is 43.5 Å². The van der Waals surface area contributed by atoms with Gasteiger partial charge in [0.15, 0.2) is 0 Å². The number of methoxy groups -OCH3 is 1. The lowest BCUT2D eigenvalue weighted by Crippen LogP contribution is -2.37. The van der Waals surface area contributed by atoms with Crippen LogP contribution >= 0.6 is 15.9 Å². The molecule has 1 N–H and O–H groups in total. The third-order valence-corrected chi connectivity index (χ3v) is 4.41. The summed E-state index contributed by atoms with van der Waals surface area (Å²) >= 11 is 3.53. The molecule has 0 aliphatic heterocycles. The molecular weight excluding hydrogens is 278 g/mol. The van der Waals surface area contributed by atoms with Gasteiger partial charge in [0.25, 0.3) is 0 Å². The van der Waals surface area contributed by atoms with E-state index in [9.17, 15) is 0 Å². The second-order valence-electron chi connectivity index (χ2n) is 4.77. The number of aryl methyl sites for hydroxylation is 1. The van der Waals surface area contributed by atoms with E-state index >= 15 is 0 Å². The number of hydrogen-bond acceptors (Lipinski definition) is 2. The van der Waals surface area contributed by atoms with E-state index in [0.717, 1.165) is 4.47 Å². The Balaban J connectivity index is 2.05. The molecule has 1 fully saturated rings. The zero-order chi connectivity index (χ0) is 12.3. The van der Waals surface area contributed by atoms with Gasteiger partial charge in [-0.2, -0.15) is 0 Å². The fourth-order valence-corrected chi connectivity index (χ4v) is 2.74. The van der Waals surface area contributed by atoms with Crippen molar-refractivity contribution < 1.29 is 4.74 Å². The molecule has 1 aliphatic rings. The van der Waals surface area contributed by atoms with Crippen molar-refractivity contribution in [1.29, 1.82) is 0 Å². The van der Waals surface area contributed by atoms with Crippen LogP contribution in [0.1, 0.15) is 31.2 Å². The number of benzene rings is 1. The van der Waals surface area contributed by atoms with Crippen molar-refractivity contribution >= 4 is 21.6 Å². The Morgan fingerprint density at radius 2 is 2.06 bits per heavy atom. The molecule has 0 heterocycles.